The maximum Gasteiger partial charge on any atom is 0.316 e. The van der Waals surface area contributed by atoms with Gasteiger partial charge in [0, 0.05) is 6.42 Å². The molecule has 0 aliphatic heterocycles. The monoisotopic (exact) mass is 314 g/mol. The molecule has 0 saturated carbocycles. The van der Waals surface area contributed by atoms with E-state index >= 15 is 0 Å². The summed E-state index contributed by atoms with van der Waals surface area (Å²) in [4.78, 5) is 34.7. The molecule has 0 N–H and O–H groups in total. The maximum atomic E-state index is 12.0. The molecular formula is C17H30O5. The zero-order chi connectivity index (χ0) is 17.2. The van der Waals surface area contributed by atoms with Crippen molar-refractivity contribution >= 4 is 17.7 Å². The minimum atomic E-state index is -0.677. The van der Waals surface area contributed by atoms with E-state index in [1.54, 1.807) is 27.7 Å². The van der Waals surface area contributed by atoms with Crippen LogP contribution >= 0.6 is 0 Å². The van der Waals surface area contributed by atoms with Gasteiger partial charge in [-0.2, -0.15) is 0 Å². The fourth-order valence-corrected chi connectivity index (χ4v) is 2.06. The number of unbranched alkanes of at least 4 members (excludes halogenated alkanes) is 3. The third kappa shape index (κ3) is 10.4. The van der Waals surface area contributed by atoms with Crippen LogP contribution in [0.2, 0.25) is 0 Å². The van der Waals surface area contributed by atoms with E-state index in [1.165, 1.54) is 6.92 Å². The van der Waals surface area contributed by atoms with Gasteiger partial charge in [0.1, 0.15) is 17.3 Å². The number of hydrogen-bond donors (Lipinski definition) is 0. The summed E-state index contributed by atoms with van der Waals surface area (Å²) in [6.45, 7) is 8.99. The van der Waals surface area contributed by atoms with E-state index in [2.05, 4.69) is 0 Å². The first kappa shape index (κ1) is 20.6. The summed E-state index contributed by atoms with van der Waals surface area (Å²) in [5.74, 6) is -1.44. The molecule has 1 unspecified atom stereocenters. The Labute approximate surface area is 133 Å². The lowest BCUT2D eigenvalue weighted by molar-refractivity contribution is -0.162. The van der Waals surface area contributed by atoms with Gasteiger partial charge in [0.2, 0.25) is 0 Å². The third-order valence-corrected chi connectivity index (χ3v) is 3.11. The van der Waals surface area contributed by atoms with Crippen molar-refractivity contribution in [2.45, 2.75) is 78.7 Å². The SMILES string of the molecule is CCOC(=O)CCCCCCC(C(C)=O)C(=O)OC(C)(C)C. The van der Waals surface area contributed by atoms with Gasteiger partial charge in [-0.3, -0.25) is 14.4 Å². The minimum absolute atomic E-state index is 0.152. The van der Waals surface area contributed by atoms with Gasteiger partial charge in [-0.25, -0.2) is 0 Å². The smallest absolute Gasteiger partial charge is 0.316 e. The molecular weight excluding hydrogens is 284 g/mol. The summed E-state index contributed by atoms with van der Waals surface area (Å²) in [5, 5.41) is 0. The van der Waals surface area contributed by atoms with E-state index in [-0.39, 0.29) is 11.8 Å². The van der Waals surface area contributed by atoms with Crippen molar-refractivity contribution in [2.24, 2.45) is 5.92 Å². The summed E-state index contributed by atoms with van der Waals surface area (Å²) in [6.07, 6.45) is 4.24. The van der Waals surface area contributed by atoms with Gasteiger partial charge in [0.25, 0.3) is 0 Å². The molecule has 0 aliphatic rings. The van der Waals surface area contributed by atoms with Gasteiger partial charge in [0.05, 0.1) is 6.61 Å². The van der Waals surface area contributed by atoms with Crippen LogP contribution in [0.25, 0.3) is 0 Å². The number of Topliss-reactive ketones (excluding diaryl/α,β-unsaturated/α-hetero) is 1. The lowest BCUT2D eigenvalue weighted by Crippen LogP contribution is -2.31. The highest BCUT2D eigenvalue weighted by atomic mass is 16.6. The van der Waals surface area contributed by atoms with Gasteiger partial charge in [-0.1, -0.05) is 19.3 Å². The molecule has 0 radical (unpaired) electrons. The number of ketones is 1. The van der Waals surface area contributed by atoms with Crippen LogP contribution in [0, 0.1) is 5.92 Å². The summed E-state index contributed by atoms with van der Waals surface area (Å²) in [5.41, 5.74) is -0.579. The number of rotatable bonds is 10. The Balaban J connectivity index is 4.00. The Bertz CT molecular complexity index is 368. The highest BCUT2D eigenvalue weighted by molar-refractivity contribution is 5.97. The molecule has 0 saturated heterocycles. The van der Waals surface area contributed by atoms with Crippen LogP contribution in [0.1, 0.15) is 73.1 Å². The number of carbonyl (C=O) groups is 3. The number of esters is 2. The second-order valence-electron chi connectivity index (χ2n) is 6.45. The molecule has 0 aliphatic carbocycles. The first-order valence-electron chi connectivity index (χ1n) is 8.06. The van der Waals surface area contributed by atoms with Gasteiger partial charge in [-0.05, 0) is 47.5 Å². The van der Waals surface area contributed by atoms with Crippen molar-refractivity contribution in [1.82, 2.24) is 0 Å². The zero-order valence-electron chi connectivity index (χ0n) is 14.6. The van der Waals surface area contributed by atoms with Crippen LogP contribution in [-0.2, 0) is 23.9 Å². The normalized spacial score (nSPS) is 12.6. The van der Waals surface area contributed by atoms with Crippen molar-refractivity contribution in [3.05, 3.63) is 0 Å². The number of ether oxygens (including phenoxy) is 2. The largest absolute Gasteiger partial charge is 0.466 e. The minimum Gasteiger partial charge on any atom is -0.466 e. The van der Waals surface area contributed by atoms with Crippen molar-refractivity contribution < 1.29 is 23.9 Å². The van der Waals surface area contributed by atoms with E-state index in [0.717, 1.165) is 25.7 Å². The predicted octanol–water partition coefficient (Wildman–Crippen LogP) is 3.44. The second kappa shape index (κ2) is 10.4. The summed E-state index contributed by atoms with van der Waals surface area (Å²) >= 11 is 0. The standard InChI is InChI=1S/C17H30O5/c1-6-21-15(19)12-10-8-7-9-11-14(13(2)18)16(20)22-17(3,4)5/h14H,6-12H2,1-5H3. The molecule has 0 aromatic heterocycles. The fourth-order valence-electron chi connectivity index (χ4n) is 2.06. The van der Waals surface area contributed by atoms with E-state index in [1.807, 2.05) is 0 Å². The molecule has 0 heterocycles. The Morgan fingerprint density at radius 2 is 1.59 bits per heavy atom. The molecule has 0 fully saturated rings. The van der Waals surface area contributed by atoms with E-state index in [9.17, 15) is 14.4 Å². The van der Waals surface area contributed by atoms with Gasteiger partial charge in [-0.15, -0.1) is 0 Å². The van der Waals surface area contributed by atoms with E-state index in [4.69, 9.17) is 9.47 Å². The molecule has 0 amide bonds. The van der Waals surface area contributed by atoms with Crippen LogP contribution in [0.3, 0.4) is 0 Å². The number of carbonyl (C=O) groups excluding carboxylic acids is 3. The third-order valence-electron chi connectivity index (χ3n) is 3.11. The molecule has 0 rings (SSSR count). The average molecular weight is 314 g/mol. The molecule has 0 aromatic carbocycles. The highest BCUT2D eigenvalue weighted by Crippen LogP contribution is 2.18. The van der Waals surface area contributed by atoms with Crippen molar-refractivity contribution in [1.29, 1.82) is 0 Å². The summed E-state index contributed by atoms with van der Waals surface area (Å²) < 4.78 is 10.1. The Morgan fingerprint density at radius 1 is 1.00 bits per heavy atom. The zero-order valence-corrected chi connectivity index (χ0v) is 14.6. The van der Waals surface area contributed by atoms with Crippen molar-refractivity contribution in [3.8, 4) is 0 Å². The topological polar surface area (TPSA) is 69.7 Å². The van der Waals surface area contributed by atoms with Gasteiger partial charge in [0.15, 0.2) is 0 Å². The van der Waals surface area contributed by atoms with Gasteiger partial charge >= 0.3 is 11.9 Å². The first-order valence-corrected chi connectivity index (χ1v) is 8.06. The van der Waals surface area contributed by atoms with Crippen LogP contribution in [0.15, 0.2) is 0 Å². The van der Waals surface area contributed by atoms with Crippen molar-refractivity contribution in [2.75, 3.05) is 6.61 Å². The molecule has 5 nitrogen and oxygen atoms in total. The van der Waals surface area contributed by atoms with E-state index < -0.39 is 17.5 Å². The maximum absolute atomic E-state index is 12.0. The van der Waals surface area contributed by atoms with Crippen molar-refractivity contribution in [3.63, 3.8) is 0 Å². The fraction of sp³-hybridized carbons (Fsp3) is 0.824. The predicted molar refractivity (Wildman–Crippen MR) is 84.4 cm³/mol. The molecule has 5 heteroatoms. The Kier molecular flexibility index (Phi) is 9.70. The summed E-state index contributed by atoms with van der Waals surface area (Å²) in [6, 6.07) is 0. The molecule has 1 atom stereocenters. The highest BCUT2D eigenvalue weighted by Gasteiger charge is 2.28. The molecule has 0 bridgehead atoms. The summed E-state index contributed by atoms with van der Waals surface area (Å²) in [7, 11) is 0. The second-order valence-corrected chi connectivity index (χ2v) is 6.45. The number of hydrogen-bond acceptors (Lipinski definition) is 5. The first-order chi connectivity index (χ1) is 10.2. The van der Waals surface area contributed by atoms with Crippen LogP contribution < -0.4 is 0 Å². The molecule has 128 valence electrons. The molecule has 0 aromatic rings. The van der Waals surface area contributed by atoms with Crippen LogP contribution in [0.5, 0.6) is 0 Å². The Hall–Kier alpha value is -1.39. The quantitative estimate of drug-likeness (QED) is 0.351. The van der Waals surface area contributed by atoms with Crippen LogP contribution in [0.4, 0.5) is 0 Å². The molecule has 22 heavy (non-hydrogen) atoms. The average Bonchev–Trinajstić information content (AvgIpc) is 2.35. The van der Waals surface area contributed by atoms with Gasteiger partial charge < -0.3 is 9.47 Å². The molecule has 0 spiro atoms. The lowest BCUT2D eigenvalue weighted by atomic mass is 9.96. The van der Waals surface area contributed by atoms with E-state index in [0.29, 0.717) is 19.4 Å². The van der Waals surface area contributed by atoms with Crippen LogP contribution in [-0.4, -0.2) is 29.9 Å². The lowest BCUT2D eigenvalue weighted by Gasteiger charge is -2.22. The Morgan fingerprint density at radius 3 is 2.09 bits per heavy atom.